The smallest absolute Gasteiger partial charge is 0.223 e. The maximum absolute atomic E-state index is 14.7. The van der Waals surface area contributed by atoms with E-state index in [9.17, 15) is 14.3 Å². The number of carbonyl (C=O) groups is 1. The summed E-state index contributed by atoms with van der Waals surface area (Å²) in [6.07, 6.45) is 10.7. The number of hydrogen-bond acceptors (Lipinski definition) is 7. The number of pyridine rings is 1. The fraction of sp³-hybridized carbons (Fsp3) is 0.559. The van der Waals surface area contributed by atoms with Gasteiger partial charge in [0.2, 0.25) is 11.8 Å². The molecule has 3 aromatic rings. The second kappa shape index (κ2) is 12.3. The maximum Gasteiger partial charge on any atom is 0.223 e. The number of fused-ring (bicyclic) bond motifs is 1. The summed E-state index contributed by atoms with van der Waals surface area (Å²) in [6, 6.07) is 6.46. The molecule has 230 valence electrons. The zero-order valence-corrected chi connectivity index (χ0v) is 26.2. The molecule has 2 fully saturated rings. The third-order valence-corrected chi connectivity index (χ3v) is 9.96. The van der Waals surface area contributed by atoms with Crippen molar-refractivity contribution >= 4 is 17.2 Å². The van der Waals surface area contributed by atoms with Gasteiger partial charge in [0.1, 0.15) is 16.4 Å². The van der Waals surface area contributed by atoms with Gasteiger partial charge < -0.3 is 20.5 Å². The van der Waals surface area contributed by atoms with Gasteiger partial charge in [-0.15, -0.1) is 11.3 Å². The van der Waals surface area contributed by atoms with Crippen LogP contribution in [0.2, 0.25) is 0 Å². The van der Waals surface area contributed by atoms with E-state index in [1.165, 1.54) is 29.0 Å². The average Bonchev–Trinajstić information content (AvgIpc) is 3.43. The molecule has 2 aliphatic carbocycles. The van der Waals surface area contributed by atoms with E-state index in [0.717, 1.165) is 61.9 Å². The van der Waals surface area contributed by atoms with E-state index in [0.29, 0.717) is 23.4 Å². The molecule has 1 spiro atoms. The molecule has 3 aliphatic rings. The van der Waals surface area contributed by atoms with Crippen molar-refractivity contribution in [3.05, 3.63) is 64.5 Å². The zero-order valence-electron chi connectivity index (χ0n) is 25.4. The van der Waals surface area contributed by atoms with Crippen molar-refractivity contribution in [3.8, 4) is 16.5 Å². The molecule has 3 N–H and O–H groups in total. The molecule has 2 aromatic heterocycles. The van der Waals surface area contributed by atoms with Gasteiger partial charge in [-0.25, -0.2) is 14.4 Å². The molecule has 3 atom stereocenters. The van der Waals surface area contributed by atoms with E-state index >= 15 is 0 Å². The third-order valence-electron chi connectivity index (χ3n) is 9.13. The highest BCUT2D eigenvalue weighted by molar-refractivity contribution is 7.13. The minimum Gasteiger partial charge on any atom is -0.471 e. The summed E-state index contributed by atoms with van der Waals surface area (Å²) in [4.78, 5) is 22.1. The van der Waals surface area contributed by atoms with Crippen molar-refractivity contribution < 1.29 is 19.0 Å². The largest absolute Gasteiger partial charge is 0.471 e. The monoisotopic (exact) mass is 606 g/mol. The molecule has 43 heavy (non-hydrogen) atoms. The Hall–Kier alpha value is -2.88. The second-order valence-electron chi connectivity index (χ2n) is 14.0. The van der Waals surface area contributed by atoms with Gasteiger partial charge in [-0.05, 0) is 85.8 Å². The summed E-state index contributed by atoms with van der Waals surface area (Å²) in [5.41, 5.74) is 3.52. The number of amides is 1. The fourth-order valence-corrected chi connectivity index (χ4v) is 7.14. The van der Waals surface area contributed by atoms with Gasteiger partial charge in [0, 0.05) is 53.8 Å². The van der Waals surface area contributed by atoms with Gasteiger partial charge in [0.15, 0.2) is 0 Å². The van der Waals surface area contributed by atoms with Crippen LogP contribution in [0, 0.1) is 17.2 Å². The van der Waals surface area contributed by atoms with Crippen molar-refractivity contribution in [2.75, 3.05) is 6.54 Å². The van der Waals surface area contributed by atoms with Crippen molar-refractivity contribution in [2.24, 2.45) is 11.3 Å². The van der Waals surface area contributed by atoms with E-state index < -0.39 is 12.1 Å². The topological polar surface area (TPSA) is 96.4 Å². The maximum atomic E-state index is 14.7. The van der Waals surface area contributed by atoms with Crippen molar-refractivity contribution in [1.29, 1.82) is 0 Å². The van der Waals surface area contributed by atoms with Crippen molar-refractivity contribution in [2.45, 2.75) is 102 Å². The molecular weight excluding hydrogens is 563 g/mol. The summed E-state index contributed by atoms with van der Waals surface area (Å²) in [5.74, 6) is 0.268. The number of rotatable bonds is 10. The predicted molar refractivity (Wildman–Crippen MR) is 166 cm³/mol. The summed E-state index contributed by atoms with van der Waals surface area (Å²) in [6.45, 7) is 6.92. The molecule has 0 bridgehead atoms. The number of thiazole rings is 1. The first-order valence-corrected chi connectivity index (χ1v) is 16.5. The van der Waals surface area contributed by atoms with E-state index in [1.54, 1.807) is 6.20 Å². The number of ether oxygens (including phenoxy) is 1. The number of nitrogens with zero attached hydrogens (tertiary/aromatic N) is 2. The van der Waals surface area contributed by atoms with Crippen LogP contribution in [0.15, 0.2) is 42.0 Å². The predicted octanol–water partition coefficient (Wildman–Crippen LogP) is 6.16. The normalized spacial score (nSPS) is 20.8. The number of halogens is 1. The van der Waals surface area contributed by atoms with Crippen LogP contribution < -0.4 is 15.4 Å². The molecule has 6 rings (SSSR count). The molecule has 3 heterocycles. The molecule has 7 nitrogen and oxygen atoms in total. The Bertz CT molecular complexity index is 1430. The third kappa shape index (κ3) is 7.10. The summed E-state index contributed by atoms with van der Waals surface area (Å²) in [7, 11) is 0. The molecular formula is C34H43FN4O3S. The quantitative estimate of drug-likeness (QED) is 0.256. The van der Waals surface area contributed by atoms with Gasteiger partial charge in [-0.1, -0.05) is 27.2 Å². The Morgan fingerprint density at radius 2 is 1.98 bits per heavy atom. The lowest BCUT2D eigenvalue weighted by atomic mass is 9.73. The average molecular weight is 607 g/mol. The lowest BCUT2D eigenvalue weighted by Gasteiger charge is -2.47. The number of aromatic nitrogens is 2. The number of nitrogens with one attached hydrogen (secondary N) is 2. The van der Waals surface area contributed by atoms with Crippen LogP contribution >= 0.6 is 11.3 Å². The molecule has 0 unspecified atom stereocenters. The minimum absolute atomic E-state index is 0.0193. The molecule has 0 saturated heterocycles. The fourth-order valence-electron chi connectivity index (χ4n) is 6.52. The van der Waals surface area contributed by atoms with Gasteiger partial charge in [-0.3, -0.25) is 4.79 Å². The molecule has 1 amide bonds. The Morgan fingerprint density at radius 3 is 2.63 bits per heavy atom. The SMILES string of the molecule is CC(C)(C)Cc1cnc2c(c1)[C@@H](NC[C@H](O)[C@H](Cc1cc(F)cc(-c3nccs3)c1)NC(=O)C1CCC1)CC1(CCC1)O2. The van der Waals surface area contributed by atoms with Crippen LogP contribution in [0.25, 0.3) is 10.6 Å². The minimum atomic E-state index is -0.884. The number of aliphatic hydroxyl groups excluding tert-OH is 1. The summed E-state index contributed by atoms with van der Waals surface area (Å²) >= 11 is 1.45. The van der Waals surface area contributed by atoms with E-state index in [-0.39, 0.29) is 41.2 Å². The summed E-state index contributed by atoms with van der Waals surface area (Å²) < 4.78 is 21.1. The van der Waals surface area contributed by atoms with Gasteiger partial charge in [-0.2, -0.15) is 0 Å². The second-order valence-corrected chi connectivity index (χ2v) is 14.9. The van der Waals surface area contributed by atoms with Crippen LogP contribution in [0.3, 0.4) is 0 Å². The Labute approximate surface area is 257 Å². The number of benzene rings is 1. The molecule has 2 saturated carbocycles. The van der Waals surface area contributed by atoms with E-state index in [1.807, 2.05) is 17.6 Å². The van der Waals surface area contributed by atoms with Crippen LogP contribution in [0.4, 0.5) is 4.39 Å². The van der Waals surface area contributed by atoms with Gasteiger partial charge in [0.05, 0.1) is 12.1 Å². The number of aliphatic hydroxyl groups is 1. The van der Waals surface area contributed by atoms with Gasteiger partial charge >= 0.3 is 0 Å². The van der Waals surface area contributed by atoms with Crippen LogP contribution in [-0.2, 0) is 17.6 Å². The Morgan fingerprint density at radius 1 is 1.16 bits per heavy atom. The lowest BCUT2D eigenvalue weighted by molar-refractivity contribution is -0.129. The molecule has 0 radical (unpaired) electrons. The highest BCUT2D eigenvalue weighted by atomic mass is 32.1. The van der Waals surface area contributed by atoms with Crippen molar-refractivity contribution in [1.82, 2.24) is 20.6 Å². The Kier molecular flexibility index (Phi) is 8.59. The Balaban J connectivity index is 1.21. The zero-order chi connectivity index (χ0) is 30.2. The first-order chi connectivity index (χ1) is 20.6. The van der Waals surface area contributed by atoms with Crippen LogP contribution in [0.5, 0.6) is 5.88 Å². The first kappa shape index (κ1) is 30.2. The highest BCUT2D eigenvalue weighted by Crippen LogP contribution is 2.48. The molecule has 1 aromatic carbocycles. The van der Waals surface area contributed by atoms with E-state index in [2.05, 4.69) is 42.5 Å². The summed E-state index contributed by atoms with van der Waals surface area (Å²) in [5, 5.41) is 20.9. The first-order valence-electron chi connectivity index (χ1n) is 15.6. The molecule has 9 heteroatoms. The number of hydrogen-bond donors (Lipinski definition) is 3. The number of carbonyl (C=O) groups excluding carboxylic acids is 1. The van der Waals surface area contributed by atoms with Crippen LogP contribution in [-0.4, -0.2) is 45.3 Å². The van der Waals surface area contributed by atoms with Crippen molar-refractivity contribution in [3.63, 3.8) is 0 Å². The van der Waals surface area contributed by atoms with Gasteiger partial charge in [0.25, 0.3) is 0 Å². The highest BCUT2D eigenvalue weighted by Gasteiger charge is 2.46. The standard InChI is InChI=1S/C34H43FN4O3S/c1-33(2,3)17-22-14-26-28(18-34(8-5-9-34)42-31(26)38-19-22)37-20-29(40)27(39-30(41)23-6-4-7-23)15-21-12-24(16-25(35)13-21)32-36-10-11-43-32/h10-14,16,19,23,27-29,37,40H,4-9,15,17-18,20H2,1-3H3,(H,39,41)/t27-,28-,29-/m0/s1. The van der Waals surface area contributed by atoms with Crippen LogP contribution in [0.1, 0.15) is 88.4 Å². The molecule has 1 aliphatic heterocycles. The lowest BCUT2D eigenvalue weighted by Crippen LogP contribution is -2.53. The van der Waals surface area contributed by atoms with E-state index in [4.69, 9.17) is 9.72 Å².